The molecule has 1 aliphatic carbocycles. The normalized spacial score (nSPS) is 22.1. The summed E-state index contributed by atoms with van der Waals surface area (Å²) in [6.07, 6.45) is 4.35. The number of halogens is 2. The summed E-state index contributed by atoms with van der Waals surface area (Å²) in [5.74, 6) is -0.162. The molecule has 0 spiro atoms. The smallest absolute Gasteiger partial charge is 0.254 e. The number of amides is 1. The first kappa shape index (κ1) is 16.4. The Morgan fingerprint density at radius 2 is 2.10 bits per heavy atom. The summed E-state index contributed by atoms with van der Waals surface area (Å²) >= 11 is 3.24. The molecular weight excluding hydrogens is 335 g/mol. The predicted octanol–water partition coefficient (Wildman–Crippen LogP) is 3.57. The summed E-state index contributed by atoms with van der Waals surface area (Å²) < 4.78 is 14.1. The van der Waals surface area contributed by atoms with Crippen LogP contribution in [-0.4, -0.2) is 29.9 Å². The maximum atomic E-state index is 13.5. The second kappa shape index (κ2) is 7.36. The number of nitrogens with two attached hydrogens (primary N) is 1. The van der Waals surface area contributed by atoms with E-state index in [2.05, 4.69) is 15.9 Å². The molecule has 116 valence electrons. The third-order valence-electron chi connectivity index (χ3n) is 4.28. The lowest BCUT2D eigenvalue weighted by Crippen LogP contribution is -2.48. The predicted molar refractivity (Wildman–Crippen MR) is 85.6 cm³/mol. The van der Waals surface area contributed by atoms with Crippen LogP contribution >= 0.6 is 15.9 Å². The van der Waals surface area contributed by atoms with Crippen LogP contribution in [0.25, 0.3) is 0 Å². The Labute approximate surface area is 133 Å². The van der Waals surface area contributed by atoms with Gasteiger partial charge in [-0.1, -0.05) is 28.8 Å². The van der Waals surface area contributed by atoms with E-state index in [0.29, 0.717) is 29.0 Å². The van der Waals surface area contributed by atoms with Crippen molar-refractivity contribution in [2.24, 2.45) is 11.7 Å². The number of hydrogen-bond donors (Lipinski definition) is 1. The highest BCUT2D eigenvalue weighted by atomic mass is 79.9. The zero-order chi connectivity index (χ0) is 15.4. The highest BCUT2D eigenvalue weighted by Gasteiger charge is 2.31. The van der Waals surface area contributed by atoms with Crippen molar-refractivity contribution >= 4 is 21.8 Å². The lowest BCUT2D eigenvalue weighted by atomic mass is 9.83. The minimum Gasteiger partial charge on any atom is -0.336 e. The zero-order valence-corrected chi connectivity index (χ0v) is 13.9. The molecule has 5 heteroatoms. The molecule has 1 saturated carbocycles. The van der Waals surface area contributed by atoms with E-state index in [1.807, 2.05) is 11.8 Å². The second-order valence-electron chi connectivity index (χ2n) is 5.60. The van der Waals surface area contributed by atoms with Gasteiger partial charge in [0.15, 0.2) is 0 Å². The van der Waals surface area contributed by atoms with E-state index in [9.17, 15) is 9.18 Å². The fourth-order valence-electron chi connectivity index (χ4n) is 3.25. The number of rotatable bonds is 4. The molecule has 1 aromatic carbocycles. The van der Waals surface area contributed by atoms with Gasteiger partial charge in [-0.15, -0.1) is 0 Å². The molecule has 0 bridgehead atoms. The van der Waals surface area contributed by atoms with Crippen molar-refractivity contribution in [3.05, 3.63) is 34.1 Å². The van der Waals surface area contributed by atoms with Gasteiger partial charge in [-0.05, 0) is 50.4 Å². The van der Waals surface area contributed by atoms with Crippen LogP contribution in [0.15, 0.2) is 22.7 Å². The lowest BCUT2D eigenvalue weighted by Gasteiger charge is -2.39. The van der Waals surface area contributed by atoms with E-state index >= 15 is 0 Å². The molecule has 3 nitrogen and oxygen atoms in total. The van der Waals surface area contributed by atoms with Gasteiger partial charge in [-0.2, -0.15) is 0 Å². The number of benzene rings is 1. The third-order valence-corrected chi connectivity index (χ3v) is 4.74. The number of carbonyl (C=O) groups excluding carboxylic acids is 1. The third kappa shape index (κ3) is 3.83. The van der Waals surface area contributed by atoms with E-state index in [1.54, 1.807) is 6.07 Å². The first-order chi connectivity index (χ1) is 10.1. The van der Waals surface area contributed by atoms with Crippen LogP contribution in [0, 0.1) is 11.7 Å². The topological polar surface area (TPSA) is 46.3 Å². The molecule has 2 N–H and O–H groups in total. The van der Waals surface area contributed by atoms with E-state index in [4.69, 9.17) is 5.73 Å². The SMILES string of the molecule is CCN(C(=O)c1cc(F)cc(Br)c1)C1CCCCC1CN. The molecule has 0 aliphatic heterocycles. The van der Waals surface area contributed by atoms with Gasteiger partial charge in [0.2, 0.25) is 0 Å². The Bertz CT molecular complexity index is 489. The molecule has 1 amide bonds. The minimum atomic E-state index is -0.400. The van der Waals surface area contributed by atoms with Gasteiger partial charge in [0.1, 0.15) is 5.82 Å². The van der Waals surface area contributed by atoms with Crippen molar-refractivity contribution in [3.8, 4) is 0 Å². The molecule has 0 aromatic heterocycles. The van der Waals surface area contributed by atoms with Gasteiger partial charge >= 0.3 is 0 Å². The van der Waals surface area contributed by atoms with E-state index in [-0.39, 0.29) is 11.9 Å². The summed E-state index contributed by atoms with van der Waals surface area (Å²) in [7, 11) is 0. The van der Waals surface area contributed by atoms with Crippen LogP contribution in [-0.2, 0) is 0 Å². The van der Waals surface area contributed by atoms with Crippen LogP contribution in [0.1, 0.15) is 43.0 Å². The van der Waals surface area contributed by atoms with Crippen LogP contribution < -0.4 is 5.73 Å². The van der Waals surface area contributed by atoms with Crippen molar-refractivity contribution in [3.63, 3.8) is 0 Å². The largest absolute Gasteiger partial charge is 0.336 e. The second-order valence-corrected chi connectivity index (χ2v) is 6.51. The summed E-state index contributed by atoms with van der Waals surface area (Å²) in [4.78, 5) is 14.6. The zero-order valence-electron chi connectivity index (χ0n) is 12.3. The van der Waals surface area contributed by atoms with Crippen LogP contribution in [0.5, 0.6) is 0 Å². The molecule has 0 radical (unpaired) electrons. The van der Waals surface area contributed by atoms with Gasteiger partial charge in [-0.3, -0.25) is 4.79 Å². The maximum absolute atomic E-state index is 13.5. The van der Waals surface area contributed by atoms with Crippen LogP contribution in [0.2, 0.25) is 0 Å². The van der Waals surface area contributed by atoms with E-state index in [1.165, 1.54) is 18.6 Å². The summed E-state index contributed by atoms with van der Waals surface area (Å²) in [5, 5.41) is 0. The van der Waals surface area contributed by atoms with Gasteiger partial charge in [0, 0.05) is 22.6 Å². The molecule has 2 rings (SSSR count). The summed E-state index contributed by atoms with van der Waals surface area (Å²) in [5.41, 5.74) is 6.26. The van der Waals surface area contributed by atoms with Crippen molar-refractivity contribution in [2.45, 2.75) is 38.6 Å². The first-order valence-electron chi connectivity index (χ1n) is 7.54. The number of hydrogen-bond acceptors (Lipinski definition) is 2. The van der Waals surface area contributed by atoms with Gasteiger partial charge < -0.3 is 10.6 Å². The summed E-state index contributed by atoms with van der Waals surface area (Å²) in [6.45, 7) is 3.18. The Morgan fingerprint density at radius 1 is 1.38 bits per heavy atom. The Morgan fingerprint density at radius 3 is 2.71 bits per heavy atom. The Kier molecular flexibility index (Phi) is 5.76. The molecule has 1 aliphatic rings. The highest BCUT2D eigenvalue weighted by molar-refractivity contribution is 9.10. The molecule has 2 unspecified atom stereocenters. The van der Waals surface area contributed by atoms with Crippen molar-refractivity contribution in [1.82, 2.24) is 4.90 Å². The van der Waals surface area contributed by atoms with E-state index in [0.717, 1.165) is 19.3 Å². The molecule has 1 fully saturated rings. The molecule has 0 heterocycles. The van der Waals surface area contributed by atoms with E-state index < -0.39 is 5.82 Å². The molecule has 21 heavy (non-hydrogen) atoms. The maximum Gasteiger partial charge on any atom is 0.254 e. The average Bonchev–Trinajstić information content (AvgIpc) is 2.47. The molecule has 1 aromatic rings. The van der Waals surface area contributed by atoms with Gasteiger partial charge in [0.25, 0.3) is 5.91 Å². The summed E-state index contributed by atoms with van der Waals surface area (Å²) in [6, 6.07) is 4.50. The minimum absolute atomic E-state index is 0.108. The highest BCUT2D eigenvalue weighted by Crippen LogP contribution is 2.29. The van der Waals surface area contributed by atoms with Crippen LogP contribution in [0.3, 0.4) is 0 Å². The van der Waals surface area contributed by atoms with Crippen LogP contribution in [0.4, 0.5) is 4.39 Å². The first-order valence-corrected chi connectivity index (χ1v) is 8.33. The lowest BCUT2D eigenvalue weighted by molar-refractivity contribution is 0.0559. The molecule has 0 saturated heterocycles. The van der Waals surface area contributed by atoms with Gasteiger partial charge in [-0.25, -0.2) is 4.39 Å². The fraction of sp³-hybridized carbons (Fsp3) is 0.562. The Balaban J connectivity index is 2.25. The molecular formula is C16H22BrFN2O. The van der Waals surface area contributed by atoms with Crippen molar-refractivity contribution < 1.29 is 9.18 Å². The van der Waals surface area contributed by atoms with Crippen molar-refractivity contribution in [1.29, 1.82) is 0 Å². The molecule has 2 atom stereocenters. The van der Waals surface area contributed by atoms with Gasteiger partial charge in [0.05, 0.1) is 0 Å². The quantitative estimate of drug-likeness (QED) is 0.896. The monoisotopic (exact) mass is 356 g/mol. The number of nitrogens with zero attached hydrogens (tertiary/aromatic N) is 1. The van der Waals surface area contributed by atoms with Crippen molar-refractivity contribution in [2.75, 3.05) is 13.1 Å². The number of carbonyl (C=O) groups is 1. The average molecular weight is 357 g/mol. The fourth-order valence-corrected chi connectivity index (χ4v) is 3.71. The standard InChI is InChI=1S/C16H22BrFN2O/c1-2-20(15-6-4-3-5-11(15)10-19)16(21)12-7-13(17)9-14(18)8-12/h7-9,11,15H,2-6,10,19H2,1H3. The Hall–Kier alpha value is -0.940.